The fourth-order valence-corrected chi connectivity index (χ4v) is 5.18. The van der Waals surface area contributed by atoms with E-state index in [0.29, 0.717) is 12.5 Å². The van der Waals surface area contributed by atoms with Crippen molar-refractivity contribution >= 4 is 16.9 Å². The zero-order valence-electron chi connectivity index (χ0n) is 17.2. The number of nitrogens with one attached hydrogen (secondary N) is 1. The van der Waals surface area contributed by atoms with E-state index < -0.39 is 0 Å². The second kappa shape index (κ2) is 9.13. The topological polar surface area (TPSA) is 45.5 Å². The van der Waals surface area contributed by atoms with Crippen molar-refractivity contribution in [1.29, 1.82) is 0 Å². The van der Waals surface area contributed by atoms with Crippen LogP contribution < -0.4 is 5.32 Å². The van der Waals surface area contributed by atoms with Crippen LogP contribution in [-0.2, 0) is 11.2 Å². The van der Waals surface area contributed by atoms with Gasteiger partial charge < -0.3 is 14.6 Å². The Morgan fingerprint density at radius 2 is 1.93 bits per heavy atom. The maximum Gasteiger partial charge on any atom is 0.224 e. The molecule has 1 atom stereocenters. The second-order valence-corrected chi connectivity index (χ2v) is 8.94. The van der Waals surface area contributed by atoms with Gasteiger partial charge in [0, 0.05) is 31.1 Å². The highest BCUT2D eigenvalue weighted by Crippen LogP contribution is 2.30. The van der Waals surface area contributed by atoms with Gasteiger partial charge in [0.15, 0.2) is 0 Å². The molecule has 1 aromatic carbocycles. The summed E-state index contributed by atoms with van der Waals surface area (Å²) in [5, 5.41) is 4.31. The Hall–Kier alpha value is -1.81. The van der Waals surface area contributed by atoms with Crippen LogP contribution in [-0.4, -0.2) is 36.5 Å². The van der Waals surface area contributed by atoms with Gasteiger partial charge in [0.1, 0.15) is 5.58 Å². The second-order valence-electron chi connectivity index (χ2n) is 8.94. The van der Waals surface area contributed by atoms with Crippen molar-refractivity contribution in [3.8, 4) is 0 Å². The number of amides is 1. The molecule has 2 aromatic rings. The number of nitrogens with zero attached hydrogens (tertiary/aromatic N) is 1. The molecule has 4 nitrogen and oxygen atoms in total. The first-order chi connectivity index (χ1) is 13.7. The molecule has 1 saturated heterocycles. The summed E-state index contributed by atoms with van der Waals surface area (Å²) in [4.78, 5) is 15.2. The van der Waals surface area contributed by atoms with E-state index in [1.165, 1.54) is 38.6 Å². The van der Waals surface area contributed by atoms with E-state index in [1.807, 2.05) is 24.3 Å². The summed E-state index contributed by atoms with van der Waals surface area (Å²) >= 11 is 0. The molecule has 1 aliphatic carbocycles. The Morgan fingerprint density at radius 1 is 1.14 bits per heavy atom. The average molecular weight is 383 g/mol. The Bertz CT molecular complexity index is 770. The van der Waals surface area contributed by atoms with E-state index >= 15 is 0 Å². The number of hydrogen-bond donors (Lipinski definition) is 1. The molecule has 0 bridgehead atoms. The molecule has 1 N–H and O–H groups in total. The lowest BCUT2D eigenvalue weighted by atomic mass is 9.80. The Balaban J connectivity index is 1.22. The van der Waals surface area contributed by atoms with Crippen molar-refractivity contribution in [1.82, 2.24) is 10.2 Å². The number of rotatable bonds is 6. The van der Waals surface area contributed by atoms with Crippen molar-refractivity contribution in [2.45, 2.75) is 64.3 Å². The third-order valence-electron chi connectivity index (χ3n) is 6.89. The minimum atomic E-state index is 0.128. The standard InChI is InChI=1S/C24H34N2O2/c1-18(19-6-3-2-4-7-19)17-26-13-10-21(11-14-26)25-24(27)16-20-8-5-9-23-22(20)12-15-28-23/h5,8-9,12,15,18-19,21H,2-4,6-7,10-11,13-14,16-17H2,1H3,(H,25,27). The fraction of sp³-hybridized carbons (Fsp3) is 0.625. The van der Waals surface area contributed by atoms with Gasteiger partial charge in [-0.25, -0.2) is 0 Å². The quantitative estimate of drug-likeness (QED) is 0.782. The summed E-state index contributed by atoms with van der Waals surface area (Å²) in [6, 6.07) is 8.19. The summed E-state index contributed by atoms with van der Waals surface area (Å²) in [5.41, 5.74) is 1.90. The molecule has 4 heteroatoms. The van der Waals surface area contributed by atoms with Gasteiger partial charge in [-0.3, -0.25) is 4.79 Å². The molecule has 1 amide bonds. The molecular weight excluding hydrogens is 348 g/mol. The van der Waals surface area contributed by atoms with E-state index in [1.54, 1.807) is 6.26 Å². The summed E-state index contributed by atoms with van der Waals surface area (Å²) in [7, 11) is 0. The number of likely N-dealkylation sites (tertiary alicyclic amines) is 1. The van der Waals surface area contributed by atoms with Gasteiger partial charge >= 0.3 is 0 Å². The van der Waals surface area contributed by atoms with Crippen molar-refractivity contribution in [2.24, 2.45) is 11.8 Å². The van der Waals surface area contributed by atoms with Crippen LogP contribution in [0.2, 0.25) is 0 Å². The lowest BCUT2D eigenvalue weighted by molar-refractivity contribution is -0.121. The van der Waals surface area contributed by atoms with Crippen LogP contribution in [0.4, 0.5) is 0 Å². The smallest absolute Gasteiger partial charge is 0.224 e. The zero-order chi connectivity index (χ0) is 19.3. The number of carbonyl (C=O) groups is 1. The average Bonchev–Trinajstić information content (AvgIpc) is 3.20. The van der Waals surface area contributed by atoms with E-state index in [-0.39, 0.29) is 5.91 Å². The minimum absolute atomic E-state index is 0.128. The largest absolute Gasteiger partial charge is 0.464 e. The van der Waals surface area contributed by atoms with Crippen LogP contribution in [0.15, 0.2) is 34.9 Å². The summed E-state index contributed by atoms with van der Waals surface area (Å²) in [6.07, 6.45) is 11.4. The highest BCUT2D eigenvalue weighted by molar-refractivity contribution is 5.87. The normalized spacial score (nSPS) is 21.0. The lowest BCUT2D eigenvalue weighted by Crippen LogP contribution is -2.46. The Labute approximate surface area is 168 Å². The summed E-state index contributed by atoms with van der Waals surface area (Å²) < 4.78 is 5.44. The van der Waals surface area contributed by atoms with E-state index in [9.17, 15) is 4.79 Å². The van der Waals surface area contributed by atoms with Gasteiger partial charge in [0.2, 0.25) is 5.91 Å². The van der Waals surface area contributed by atoms with Crippen molar-refractivity contribution in [3.05, 3.63) is 36.1 Å². The highest BCUT2D eigenvalue weighted by atomic mass is 16.3. The molecule has 2 aliphatic rings. The lowest BCUT2D eigenvalue weighted by Gasteiger charge is -2.36. The number of furan rings is 1. The van der Waals surface area contributed by atoms with Crippen LogP contribution in [0.5, 0.6) is 0 Å². The van der Waals surface area contributed by atoms with Gasteiger partial charge in [-0.1, -0.05) is 51.2 Å². The highest BCUT2D eigenvalue weighted by Gasteiger charge is 2.25. The predicted octanol–water partition coefficient (Wildman–Crippen LogP) is 4.77. The first-order valence-corrected chi connectivity index (χ1v) is 11.2. The molecular formula is C24H34N2O2. The number of fused-ring (bicyclic) bond motifs is 1. The fourth-order valence-electron chi connectivity index (χ4n) is 5.18. The number of benzene rings is 1. The molecule has 1 unspecified atom stereocenters. The first kappa shape index (κ1) is 19.5. The molecule has 1 aliphatic heterocycles. The summed E-state index contributed by atoms with van der Waals surface area (Å²) in [5.74, 6) is 1.86. The maximum atomic E-state index is 12.6. The molecule has 0 radical (unpaired) electrons. The number of piperidine rings is 1. The van der Waals surface area contributed by atoms with Crippen LogP contribution >= 0.6 is 0 Å². The molecule has 152 valence electrons. The van der Waals surface area contributed by atoms with Crippen LogP contribution in [0.3, 0.4) is 0 Å². The Morgan fingerprint density at radius 3 is 2.71 bits per heavy atom. The van der Waals surface area contributed by atoms with Crippen LogP contribution in [0.25, 0.3) is 11.0 Å². The molecule has 1 saturated carbocycles. The molecule has 4 rings (SSSR count). The maximum absolute atomic E-state index is 12.6. The van der Waals surface area contributed by atoms with E-state index in [0.717, 1.165) is 54.3 Å². The van der Waals surface area contributed by atoms with Crippen molar-refractivity contribution in [3.63, 3.8) is 0 Å². The van der Waals surface area contributed by atoms with Gasteiger partial charge in [-0.05, 0) is 42.4 Å². The number of hydrogen-bond acceptors (Lipinski definition) is 3. The third-order valence-corrected chi connectivity index (χ3v) is 6.89. The first-order valence-electron chi connectivity index (χ1n) is 11.2. The monoisotopic (exact) mass is 382 g/mol. The van der Waals surface area contributed by atoms with Gasteiger partial charge in [-0.2, -0.15) is 0 Å². The van der Waals surface area contributed by atoms with Crippen LogP contribution in [0.1, 0.15) is 57.4 Å². The zero-order valence-corrected chi connectivity index (χ0v) is 17.2. The number of carbonyl (C=O) groups excluding carboxylic acids is 1. The van der Waals surface area contributed by atoms with Crippen molar-refractivity contribution < 1.29 is 9.21 Å². The molecule has 28 heavy (non-hydrogen) atoms. The molecule has 1 aromatic heterocycles. The summed E-state index contributed by atoms with van der Waals surface area (Å²) in [6.45, 7) is 5.90. The molecule has 0 spiro atoms. The molecule has 2 heterocycles. The van der Waals surface area contributed by atoms with E-state index in [2.05, 4.69) is 17.1 Å². The SMILES string of the molecule is CC(CN1CCC(NC(=O)Cc2cccc3occc23)CC1)C1CCCCC1. The van der Waals surface area contributed by atoms with Gasteiger partial charge in [-0.15, -0.1) is 0 Å². The van der Waals surface area contributed by atoms with Crippen LogP contribution in [0, 0.1) is 11.8 Å². The Kier molecular flexibility index (Phi) is 6.36. The predicted molar refractivity (Wildman–Crippen MR) is 113 cm³/mol. The third kappa shape index (κ3) is 4.78. The van der Waals surface area contributed by atoms with Crippen molar-refractivity contribution in [2.75, 3.05) is 19.6 Å². The molecule has 2 fully saturated rings. The van der Waals surface area contributed by atoms with Gasteiger partial charge in [0.25, 0.3) is 0 Å². The van der Waals surface area contributed by atoms with Gasteiger partial charge in [0.05, 0.1) is 12.7 Å². The van der Waals surface area contributed by atoms with E-state index in [4.69, 9.17) is 4.42 Å². The minimum Gasteiger partial charge on any atom is -0.464 e.